The Morgan fingerprint density at radius 2 is 1.89 bits per heavy atom. The first-order valence-corrected chi connectivity index (χ1v) is 6.56. The Kier molecular flexibility index (Phi) is 3.60. The predicted molar refractivity (Wildman–Crippen MR) is 73.2 cm³/mol. The van der Waals surface area contributed by atoms with Crippen LogP contribution in [0.4, 0.5) is 5.69 Å². The molecular formula is C15H19NO3. The number of carbonyl (C=O) groups excluding carboxylic acids is 1. The van der Waals surface area contributed by atoms with Gasteiger partial charge in [-0.3, -0.25) is 9.59 Å². The van der Waals surface area contributed by atoms with Crippen molar-refractivity contribution in [1.29, 1.82) is 0 Å². The summed E-state index contributed by atoms with van der Waals surface area (Å²) in [4.78, 5) is 25.4. The SMILES string of the molecule is CC(C)[C@@H](C)C(=O)N1C[C@H](C(=O)O)c2ccccc21. The number of para-hydroxylation sites is 1. The van der Waals surface area contributed by atoms with E-state index in [4.69, 9.17) is 0 Å². The fourth-order valence-corrected chi connectivity index (χ4v) is 2.36. The van der Waals surface area contributed by atoms with Crippen LogP contribution in [0.2, 0.25) is 0 Å². The molecule has 1 amide bonds. The summed E-state index contributed by atoms with van der Waals surface area (Å²) in [7, 11) is 0. The number of amides is 1. The molecule has 2 atom stereocenters. The third-order valence-electron chi connectivity index (χ3n) is 3.92. The molecule has 0 aromatic heterocycles. The zero-order valence-corrected chi connectivity index (χ0v) is 11.5. The second kappa shape index (κ2) is 5.03. The molecule has 0 saturated heterocycles. The van der Waals surface area contributed by atoms with Crippen LogP contribution in [0.3, 0.4) is 0 Å². The van der Waals surface area contributed by atoms with Crippen LogP contribution >= 0.6 is 0 Å². The second-order valence-corrected chi connectivity index (χ2v) is 5.43. The van der Waals surface area contributed by atoms with Crippen molar-refractivity contribution in [3.63, 3.8) is 0 Å². The first-order valence-electron chi connectivity index (χ1n) is 6.56. The molecular weight excluding hydrogens is 242 g/mol. The molecule has 0 fully saturated rings. The summed E-state index contributed by atoms with van der Waals surface area (Å²) < 4.78 is 0. The lowest BCUT2D eigenvalue weighted by Crippen LogP contribution is -2.37. The Morgan fingerprint density at radius 1 is 1.26 bits per heavy atom. The van der Waals surface area contributed by atoms with Gasteiger partial charge in [0.2, 0.25) is 5.91 Å². The van der Waals surface area contributed by atoms with E-state index in [-0.39, 0.29) is 24.3 Å². The van der Waals surface area contributed by atoms with Gasteiger partial charge in [-0.15, -0.1) is 0 Å². The van der Waals surface area contributed by atoms with E-state index in [0.29, 0.717) is 0 Å². The quantitative estimate of drug-likeness (QED) is 0.909. The van der Waals surface area contributed by atoms with Gasteiger partial charge in [0.1, 0.15) is 5.92 Å². The van der Waals surface area contributed by atoms with Crippen molar-refractivity contribution in [3.8, 4) is 0 Å². The number of rotatable bonds is 3. The van der Waals surface area contributed by atoms with Crippen LogP contribution in [-0.2, 0) is 9.59 Å². The van der Waals surface area contributed by atoms with E-state index < -0.39 is 11.9 Å². The Hall–Kier alpha value is -1.84. The molecule has 19 heavy (non-hydrogen) atoms. The van der Waals surface area contributed by atoms with Crippen molar-refractivity contribution in [2.75, 3.05) is 11.4 Å². The second-order valence-electron chi connectivity index (χ2n) is 5.43. The zero-order chi connectivity index (χ0) is 14.2. The minimum atomic E-state index is -0.875. The van der Waals surface area contributed by atoms with Gasteiger partial charge in [0, 0.05) is 18.2 Å². The van der Waals surface area contributed by atoms with Crippen LogP contribution in [0.15, 0.2) is 24.3 Å². The van der Waals surface area contributed by atoms with E-state index in [9.17, 15) is 14.7 Å². The Bertz CT molecular complexity index is 510. The highest BCUT2D eigenvalue weighted by molar-refractivity contribution is 6.00. The van der Waals surface area contributed by atoms with Gasteiger partial charge in [-0.2, -0.15) is 0 Å². The lowest BCUT2D eigenvalue weighted by Gasteiger charge is -2.23. The highest BCUT2D eigenvalue weighted by Gasteiger charge is 2.37. The Morgan fingerprint density at radius 3 is 2.47 bits per heavy atom. The van der Waals surface area contributed by atoms with Gasteiger partial charge in [-0.1, -0.05) is 39.0 Å². The molecule has 1 aromatic carbocycles. The largest absolute Gasteiger partial charge is 0.481 e. The number of anilines is 1. The van der Waals surface area contributed by atoms with Gasteiger partial charge in [-0.25, -0.2) is 0 Å². The number of carbonyl (C=O) groups is 2. The number of benzene rings is 1. The van der Waals surface area contributed by atoms with Crippen LogP contribution in [0.1, 0.15) is 32.3 Å². The third kappa shape index (κ3) is 2.35. The normalized spacial score (nSPS) is 19.4. The van der Waals surface area contributed by atoms with E-state index in [2.05, 4.69) is 0 Å². The lowest BCUT2D eigenvalue weighted by molar-refractivity contribution is -0.138. The fourth-order valence-electron chi connectivity index (χ4n) is 2.36. The molecule has 0 unspecified atom stereocenters. The summed E-state index contributed by atoms with van der Waals surface area (Å²) in [5.41, 5.74) is 1.48. The summed E-state index contributed by atoms with van der Waals surface area (Å²) >= 11 is 0. The molecule has 0 saturated carbocycles. The Balaban J connectivity index is 2.35. The molecule has 4 heteroatoms. The maximum absolute atomic E-state index is 12.5. The van der Waals surface area contributed by atoms with Crippen molar-refractivity contribution < 1.29 is 14.7 Å². The number of carboxylic acid groups (broad SMARTS) is 1. The maximum Gasteiger partial charge on any atom is 0.312 e. The maximum atomic E-state index is 12.5. The number of hydrogen-bond acceptors (Lipinski definition) is 2. The van der Waals surface area contributed by atoms with Crippen molar-refractivity contribution in [2.45, 2.75) is 26.7 Å². The van der Waals surface area contributed by atoms with Crippen LogP contribution < -0.4 is 4.90 Å². The molecule has 1 aliphatic rings. The zero-order valence-electron chi connectivity index (χ0n) is 11.5. The van der Waals surface area contributed by atoms with Crippen LogP contribution in [-0.4, -0.2) is 23.5 Å². The summed E-state index contributed by atoms with van der Waals surface area (Å²) in [6.07, 6.45) is 0. The van der Waals surface area contributed by atoms with Crippen molar-refractivity contribution in [1.82, 2.24) is 0 Å². The van der Waals surface area contributed by atoms with E-state index >= 15 is 0 Å². The van der Waals surface area contributed by atoms with Gasteiger partial charge in [-0.05, 0) is 17.5 Å². The van der Waals surface area contributed by atoms with Gasteiger partial charge in [0.15, 0.2) is 0 Å². The van der Waals surface area contributed by atoms with E-state index in [1.165, 1.54) is 0 Å². The highest BCUT2D eigenvalue weighted by Crippen LogP contribution is 2.37. The first-order chi connectivity index (χ1) is 8.93. The van der Waals surface area contributed by atoms with Gasteiger partial charge in [0.05, 0.1) is 0 Å². The first kappa shape index (κ1) is 13.6. The standard InChI is InChI=1S/C15H19NO3/c1-9(2)10(3)14(17)16-8-12(15(18)19)11-6-4-5-7-13(11)16/h4-7,9-10,12H,8H2,1-3H3,(H,18,19)/t10-,12+/m1/s1. The summed E-state index contributed by atoms with van der Waals surface area (Å²) in [6, 6.07) is 7.27. The van der Waals surface area contributed by atoms with E-state index in [1.807, 2.05) is 39.0 Å². The molecule has 1 aliphatic heterocycles. The molecule has 102 valence electrons. The van der Waals surface area contributed by atoms with Crippen molar-refractivity contribution in [3.05, 3.63) is 29.8 Å². The number of fused-ring (bicyclic) bond motifs is 1. The molecule has 4 nitrogen and oxygen atoms in total. The van der Waals surface area contributed by atoms with E-state index in [1.54, 1.807) is 11.0 Å². The van der Waals surface area contributed by atoms with Gasteiger partial charge < -0.3 is 10.0 Å². The highest BCUT2D eigenvalue weighted by atomic mass is 16.4. The number of nitrogens with zero attached hydrogens (tertiary/aromatic N) is 1. The minimum Gasteiger partial charge on any atom is -0.481 e. The van der Waals surface area contributed by atoms with Gasteiger partial charge in [0.25, 0.3) is 0 Å². The molecule has 2 rings (SSSR count). The monoisotopic (exact) mass is 261 g/mol. The molecule has 0 radical (unpaired) electrons. The number of carboxylic acids is 1. The molecule has 1 aromatic rings. The third-order valence-corrected chi connectivity index (χ3v) is 3.92. The van der Waals surface area contributed by atoms with Crippen LogP contribution in [0, 0.1) is 11.8 Å². The molecule has 1 N–H and O–H groups in total. The number of aliphatic carboxylic acids is 1. The van der Waals surface area contributed by atoms with E-state index in [0.717, 1.165) is 11.3 Å². The van der Waals surface area contributed by atoms with Crippen LogP contribution in [0.25, 0.3) is 0 Å². The molecule has 0 bridgehead atoms. The van der Waals surface area contributed by atoms with Crippen molar-refractivity contribution in [2.24, 2.45) is 11.8 Å². The average molecular weight is 261 g/mol. The van der Waals surface area contributed by atoms with Gasteiger partial charge >= 0.3 is 5.97 Å². The Labute approximate surface area is 113 Å². The van der Waals surface area contributed by atoms with Crippen molar-refractivity contribution >= 4 is 17.6 Å². The summed E-state index contributed by atoms with van der Waals surface area (Å²) in [6.45, 7) is 6.13. The molecule has 1 heterocycles. The summed E-state index contributed by atoms with van der Waals surface area (Å²) in [5, 5.41) is 9.27. The smallest absolute Gasteiger partial charge is 0.312 e. The topological polar surface area (TPSA) is 57.6 Å². The predicted octanol–water partition coefficient (Wildman–Crippen LogP) is 2.49. The minimum absolute atomic E-state index is 0.00574. The number of hydrogen-bond donors (Lipinski definition) is 1. The lowest BCUT2D eigenvalue weighted by atomic mass is 9.96. The fraction of sp³-hybridized carbons (Fsp3) is 0.467. The summed E-state index contributed by atoms with van der Waals surface area (Å²) in [5.74, 6) is -1.35. The van der Waals surface area contributed by atoms with Crippen LogP contribution in [0.5, 0.6) is 0 Å². The average Bonchev–Trinajstić information content (AvgIpc) is 2.76. The molecule has 0 spiro atoms. The molecule has 0 aliphatic carbocycles.